The summed E-state index contributed by atoms with van der Waals surface area (Å²) in [7, 11) is 0. The molecular weight excluding hydrogens is 404 g/mol. The number of benzene rings is 2. The molecule has 1 aliphatic rings. The van der Waals surface area contributed by atoms with Crippen LogP contribution in [0.2, 0.25) is 0 Å². The largest absolute Gasteiger partial charge is 0.493 e. The average Bonchev–Trinajstić information content (AvgIpc) is 3.09. The van der Waals surface area contributed by atoms with Crippen molar-refractivity contribution < 1.29 is 5.11 Å². The molecule has 2 aromatic carbocycles. The molecule has 1 N–H and O–H groups in total. The summed E-state index contributed by atoms with van der Waals surface area (Å²) in [6, 6.07) is 15.6. The first kappa shape index (κ1) is 15.5. The third-order valence-electron chi connectivity index (χ3n) is 3.72. The van der Waals surface area contributed by atoms with Crippen LogP contribution in [0.3, 0.4) is 0 Å². The van der Waals surface area contributed by atoms with E-state index in [1.807, 2.05) is 60.8 Å². The molecule has 6 heteroatoms. The summed E-state index contributed by atoms with van der Waals surface area (Å²) in [6.07, 6.45) is 3.75. The zero-order valence-corrected chi connectivity index (χ0v) is 15.5. The molecule has 118 valence electrons. The molecular formula is C18H11BrN2OS2. The van der Waals surface area contributed by atoms with Crippen molar-refractivity contribution in [2.75, 3.05) is 0 Å². The van der Waals surface area contributed by atoms with Gasteiger partial charge in [-0.15, -0.1) is 11.3 Å². The number of allylic oxidation sites excluding steroid dienone is 1. The molecule has 2 heterocycles. The van der Waals surface area contributed by atoms with Gasteiger partial charge < -0.3 is 5.11 Å². The fourth-order valence-electron chi connectivity index (χ4n) is 2.61. The summed E-state index contributed by atoms with van der Waals surface area (Å²) in [5.41, 5.74) is 3.80. The maximum Gasteiger partial charge on any atom is 0.215 e. The minimum absolute atomic E-state index is 0.147. The second kappa shape index (κ2) is 6.12. The highest BCUT2D eigenvalue weighted by atomic mass is 79.9. The molecule has 1 aromatic heterocycles. The van der Waals surface area contributed by atoms with Crippen LogP contribution in [-0.2, 0) is 0 Å². The molecule has 0 spiro atoms. The summed E-state index contributed by atoms with van der Waals surface area (Å²) in [5, 5.41) is 10.7. The third kappa shape index (κ3) is 2.66. The van der Waals surface area contributed by atoms with Gasteiger partial charge in [-0.2, -0.15) is 0 Å². The van der Waals surface area contributed by atoms with E-state index < -0.39 is 0 Å². The number of hydrogen-bond acceptors (Lipinski definition) is 4. The topological polar surface area (TPSA) is 37.5 Å². The molecule has 3 nitrogen and oxygen atoms in total. The first-order valence-electron chi connectivity index (χ1n) is 7.19. The van der Waals surface area contributed by atoms with E-state index in [0.29, 0.717) is 3.95 Å². The number of rotatable bonds is 2. The predicted molar refractivity (Wildman–Crippen MR) is 106 cm³/mol. The Morgan fingerprint density at radius 1 is 1.17 bits per heavy atom. The van der Waals surface area contributed by atoms with Gasteiger partial charge in [0, 0.05) is 21.8 Å². The van der Waals surface area contributed by atoms with Gasteiger partial charge in [0.15, 0.2) is 3.95 Å². The lowest BCUT2D eigenvalue weighted by Crippen LogP contribution is -1.92. The number of halogens is 1. The fraction of sp³-hybridized carbons (Fsp3) is 0. The normalized spacial score (nSPS) is 14.3. The minimum Gasteiger partial charge on any atom is -0.493 e. The Morgan fingerprint density at radius 3 is 2.83 bits per heavy atom. The van der Waals surface area contributed by atoms with E-state index in [2.05, 4.69) is 20.9 Å². The van der Waals surface area contributed by atoms with Crippen LogP contribution in [0.5, 0.6) is 5.88 Å². The van der Waals surface area contributed by atoms with E-state index in [1.54, 1.807) is 4.57 Å². The summed E-state index contributed by atoms with van der Waals surface area (Å²) < 4.78 is 3.21. The number of fused-ring (bicyclic) bond motifs is 1. The van der Waals surface area contributed by atoms with Crippen molar-refractivity contribution in [1.82, 2.24) is 4.57 Å². The van der Waals surface area contributed by atoms with Crippen molar-refractivity contribution in [3.05, 3.63) is 67.4 Å². The quantitative estimate of drug-likeness (QED) is 0.522. The van der Waals surface area contributed by atoms with Crippen molar-refractivity contribution in [2.45, 2.75) is 0 Å². The molecule has 0 bridgehead atoms. The van der Waals surface area contributed by atoms with Crippen LogP contribution in [0.15, 0.2) is 58.0 Å². The van der Waals surface area contributed by atoms with Crippen LogP contribution in [0, 0.1) is 3.95 Å². The van der Waals surface area contributed by atoms with Gasteiger partial charge in [0.25, 0.3) is 0 Å². The molecule has 0 amide bonds. The Labute approximate surface area is 156 Å². The summed E-state index contributed by atoms with van der Waals surface area (Å²) in [4.78, 5) is 5.12. The number of para-hydroxylation sites is 1. The first-order valence-corrected chi connectivity index (χ1v) is 9.21. The van der Waals surface area contributed by atoms with Crippen molar-refractivity contribution >= 4 is 63.0 Å². The van der Waals surface area contributed by atoms with Gasteiger partial charge in [-0.25, -0.2) is 0 Å². The van der Waals surface area contributed by atoms with Crippen LogP contribution in [0.4, 0.5) is 5.69 Å². The second-order valence-electron chi connectivity index (χ2n) is 5.25. The number of aliphatic imine (C=N–C) groups is 1. The molecule has 24 heavy (non-hydrogen) atoms. The fourth-order valence-corrected chi connectivity index (χ4v) is 4.30. The zero-order valence-electron chi connectivity index (χ0n) is 12.3. The molecule has 0 saturated heterocycles. The Kier molecular flexibility index (Phi) is 3.96. The Hall–Kier alpha value is -2.02. The number of aromatic nitrogens is 1. The van der Waals surface area contributed by atoms with Gasteiger partial charge >= 0.3 is 0 Å². The summed E-state index contributed by atoms with van der Waals surface area (Å²) >= 11 is 10.3. The monoisotopic (exact) mass is 414 g/mol. The molecule has 0 unspecified atom stereocenters. The predicted octanol–water partition coefficient (Wildman–Crippen LogP) is 5.99. The Morgan fingerprint density at radius 2 is 2.00 bits per heavy atom. The highest BCUT2D eigenvalue weighted by Gasteiger charge is 2.16. The van der Waals surface area contributed by atoms with Gasteiger partial charge in [0.2, 0.25) is 5.88 Å². The highest BCUT2D eigenvalue weighted by molar-refractivity contribution is 9.10. The summed E-state index contributed by atoms with van der Waals surface area (Å²) in [5.74, 6) is 0.147. The smallest absolute Gasteiger partial charge is 0.215 e. The molecule has 3 aromatic rings. The van der Waals surface area contributed by atoms with E-state index in [4.69, 9.17) is 12.2 Å². The maximum absolute atomic E-state index is 10.7. The minimum atomic E-state index is 0.147. The van der Waals surface area contributed by atoms with E-state index in [1.165, 1.54) is 11.3 Å². The first-order chi connectivity index (χ1) is 11.6. The molecule has 0 atom stereocenters. The maximum atomic E-state index is 10.7. The Balaban J connectivity index is 1.83. The number of thiazole rings is 1. The number of hydrogen-bond donors (Lipinski definition) is 1. The van der Waals surface area contributed by atoms with Crippen LogP contribution in [-0.4, -0.2) is 15.9 Å². The summed E-state index contributed by atoms with van der Waals surface area (Å²) in [6.45, 7) is 0. The van der Waals surface area contributed by atoms with Gasteiger partial charge in [-0.05, 0) is 42.6 Å². The molecule has 0 radical (unpaired) electrons. The van der Waals surface area contributed by atoms with Crippen molar-refractivity contribution in [3.8, 4) is 11.6 Å². The van der Waals surface area contributed by atoms with Crippen molar-refractivity contribution in [3.63, 3.8) is 0 Å². The van der Waals surface area contributed by atoms with Gasteiger partial charge in [-0.3, -0.25) is 9.56 Å². The van der Waals surface area contributed by atoms with Crippen LogP contribution < -0.4 is 0 Å². The number of aromatic hydroxyl groups is 1. The van der Waals surface area contributed by atoms with Crippen molar-refractivity contribution in [1.29, 1.82) is 0 Å². The van der Waals surface area contributed by atoms with E-state index in [0.717, 1.165) is 31.9 Å². The standard InChI is InChI=1S/C18H11BrN2OS2/c19-12-4-3-5-13(9-12)21-17(22)16(24-18(21)23)8-11-10-20-15-7-2-1-6-14(11)15/h1-10,22H. The SMILES string of the molecule is Oc1c(C=C2C=Nc3ccccc32)sc(=S)n1-c1cccc(Br)c1. The van der Waals surface area contributed by atoms with Crippen LogP contribution in [0.25, 0.3) is 17.3 Å². The lowest BCUT2D eigenvalue weighted by Gasteiger charge is -2.05. The van der Waals surface area contributed by atoms with E-state index in [9.17, 15) is 5.11 Å². The molecule has 4 rings (SSSR count). The van der Waals surface area contributed by atoms with Crippen LogP contribution in [0.1, 0.15) is 10.4 Å². The number of nitrogens with zero attached hydrogens (tertiary/aromatic N) is 2. The van der Waals surface area contributed by atoms with Gasteiger partial charge in [0.1, 0.15) is 0 Å². The molecule has 0 aliphatic carbocycles. The highest BCUT2D eigenvalue weighted by Crippen LogP contribution is 2.37. The second-order valence-corrected chi connectivity index (χ2v) is 7.84. The molecule has 0 fully saturated rings. The van der Waals surface area contributed by atoms with Crippen molar-refractivity contribution in [2.24, 2.45) is 4.99 Å². The lowest BCUT2D eigenvalue weighted by atomic mass is 10.1. The lowest BCUT2D eigenvalue weighted by molar-refractivity contribution is 0.441. The molecule has 0 saturated carbocycles. The van der Waals surface area contributed by atoms with E-state index >= 15 is 0 Å². The zero-order chi connectivity index (χ0) is 16.7. The Bertz CT molecular complexity index is 1060. The third-order valence-corrected chi connectivity index (χ3v) is 5.53. The van der Waals surface area contributed by atoms with Gasteiger partial charge in [0.05, 0.1) is 16.3 Å². The van der Waals surface area contributed by atoms with Crippen LogP contribution >= 0.6 is 39.5 Å². The van der Waals surface area contributed by atoms with E-state index in [-0.39, 0.29) is 5.88 Å². The van der Waals surface area contributed by atoms with Gasteiger partial charge in [-0.1, -0.05) is 40.2 Å². The average molecular weight is 415 g/mol. The molecule has 1 aliphatic heterocycles.